The lowest BCUT2D eigenvalue weighted by atomic mass is 10.0. The van der Waals surface area contributed by atoms with Gasteiger partial charge in [0.2, 0.25) is 5.91 Å². The number of carbonyl (C=O) groups excluding carboxylic acids is 1. The second-order valence-electron chi connectivity index (χ2n) is 5.67. The first-order chi connectivity index (χ1) is 12.2. The van der Waals surface area contributed by atoms with Gasteiger partial charge in [-0.15, -0.1) is 0 Å². The van der Waals surface area contributed by atoms with Gasteiger partial charge in [0.15, 0.2) is 5.16 Å². The first kappa shape index (κ1) is 17.5. The number of carbonyl (C=O) groups is 1. The molecule has 6 nitrogen and oxygen atoms in total. The molecule has 0 unspecified atom stereocenters. The summed E-state index contributed by atoms with van der Waals surface area (Å²) in [6.45, 7) is 0.750. The van der Waals surface area contributed by atoms with Crippen molar-refractivity contribution >= 4 is 17.7 Å². The molecule has 0 spiro atoms. The molecule has 0 N–H and O–H groups in total. The first-order valence-electron chi connectivity index (χ1n) is 8.14. The van der Waals surface area contributed by atoms with Crippen molar-refractivity contribution in [2.45, 2.75) is 24.0 Å². The molecule has 0 bridgehead atoms. The molecule has 7 heteroatoms. The number of hydrogen-bond acceptors (Lipinski definition) is 6. The fraction of sp³-hybridized carbons (Fsp3) is 0.389. The van der Waals surface area contributed by atoms with Crippen molar-refractivity contribution in [1.29, 1.82) is 0 Å². The van der Waals surface area contributed by atoms with E-state index in [4.69, 9.17) is 9.47 Å². The highest BCUT2D eigenvalue weighted by Crippen LogP contribution is 2.39. The maximum atomic E-state index is 12.7. The molecule has 1 amide bonds. The number of aromatic nitrogens is 2. The lowest BCUT2D eigenvalue weighted by molar-refractivity contribution is -0.129. The topological polar surface area (TPSA) is 64.6 Å². The van der Waals surface area contributed by atoms with Crippen molar-refractivity contribution < 1.29 is 14.3 Å². The van der Waals surface area contributed by atoms with Crippen LogP contribution >= 0.6 is 11.8 Å². The van der Waals surface area contributed by atoms with Crippen LogP contribution < -0.4 is 9.47 Å². The molecule has 25 heavy (non-hydrogen) atoms. The standard InChI is InChI=1S/C18H21N3O3S/c1-23-13-6-7-16(24-2)14(11-13)15-5-3-10-21(15)17(22)12-25-18-19-8-4-9-20-18/h4,6-9,11,15H,3,5,10,12H2,1-2H3/t15-/m1/s1. The van der Waals surface area contributed by atoms with E-state index in [2.05, 4.69) is 9.97 Å². The van der Waals surface area contributed by atoms with Crippen LogP contribution in [-0.2, 0) is 4.79 Å². The third kappa shape index (κ3) is 4.04. The Morgan fingerprint density at radius 1 is 1.28 bits per heavy atom. The molecule has 1 aromatic carbocycles. The van der Waals surface area contributed by atoms with E-state index in [9.17, 15) is 4.79 Å². The first-order valence-corrected chi connectivity index (χ1v) is 9.12. The van der Waals surface area contributed by atoms with Crippen LogP contribution in [0.15, 0.2) is 41.8 Å². The number of nitrogens with zero attached hydrogens (tertiary/aromatic N) is 3. The summed E-state index contributed by atoms with van der Waals surface area (Å²) in [5.41, 5.74) is 0.994. The van der Waals surface area contributed by atoms with Gasteiger partial charge in [0.25, 0.3) is 0 Å². The number of likely N-dealkylation sites (tertiary alicyclic amines) is 1. The molecule has 2 aromatic rings. The van der Waals surface area contributed by atoms with Gasteiger partial charge >= 0.3 is 0 Å². The molecule has 1 fully saturated rings. The van der Waals surface area contributed by atoms with Crippen LogP contribution in [0.1, 0.15) is 24.4 Å². The Labute approximate surface area is 151 Å². The SMILES string of the molecule is COc1ccc(OC)c([C@H]2CCCN2C(=O)CSc2ncccn2)c1. The summed E-state index contributed by atoms with van der Waals surface area (Å²) in [7, 11) is 3.29. The average Bonchev–Trinajstić information content (AvgIpc) is 3.16. The van der Waals surface area contributed by atoms with Gasteiger partial charge in [-0.2, -0.15) is 0 Å². The van der Waals surface area contributed by atoms with Gasteiger partial charge in [0.1, 0.15) is 11.5 Å². The van der Waals surface area contributed by atoms with E-state index in [0.717, 1.165) is 36.4 Å². The van der Waals surface area contributed by atoms with Crippen LogP contribution in [0, 0.1) is 0 Å². The second-order valence-corrected chi connectivity index (χ2v) is 6.62. The number of benzene rings is 1. The van der Waals surface area contributed by atoms with Crippen LogP contribution in [0.3, 0.4) is 0 Å². The van der Waals surface area contributed by atoms with Gasteiger partial charge < -0.3 is 14.4 Å². The molecule has 1 aromatic heterocycles. The summed E-state index contributed by atoms with van der Waals surface area (Å²) in [5, 5.41) is 0.616. The Morgan fingerprint density at radius 3 is 2.80 bits per heavy atom. The number of ether oxygens (including phenoxy) is 2. The van der Waals surface area contributed by atoms with Crippen LogP contribution in [0.2, 0.25) is 0 Å². The monoisotopic (exact) mass is 359 g/mol. The molecule has 2 heterocycles. The second kappa shape index (κ2) is 8.20. The fourth-order valence-electron chi connectivity index (χ4n) is 3.06. The quantitative estimate of drug-likeness (QED) is 0.584. The Kier molecular flexibility index (Phi) is 5.75. The van der Waals surface area contributed by atoms with Crippen molar-refractivity contribution in [2.75, 3.05) is 26.5 Å². The number of methoxy groups -OCH3 is 2. The zero-order chi connectivity index (χ0) is 17.6. The van der Waals surface area contributed by atoms with E-state index in [1.807, 2.05) is 23.1 Å². The molecule has 0 aliphatic carbocycles. The minimum Gasteiger partial charge on any atom is -0.497 e. The number of rotatable bonds is 6. The minimum absolute atomic E-state index is 0.00911. The lowest BCUT2D eigenvalue weighted by Gasteiger charge is -2.26. The normalized spacial score (nSPS) is 16.7. The Hall–Kier alpha value is -2.28. The molecule has 1 aliphatic heterocycles. The van der Waals surface area contributed by atoms with Gasteiger partial charge in [-0.05, 0) is 37.1 Å². The lowest BCUT2D eigenvalue weighted by Crippen LogP contribution is -2.32. The number of thioether (sulfide) groups is 1. The van der Waals surface area contributed by atoms with E-state index < -0.39 is 0 Å². The maximum absolute atomic E-state index is 12.7. The highest BCUT2D eigenvalue weighted by molar-refractivity contribution is 7.99. The Bertz CT molecular complexity index is 727. The minimum atomic E-state index is 0.00911. The van der Waals surface area contributed by atoms with Crippen LogP contribution in [-0.4, -0.2) is 47.3 Å². The van der Waals surface area contributed by atoms with E-state index in [1.165, 1.54) is 11.8 Å². The van der Waals surface area contributed by atoms with Gasteiger partial charge in [-0.1, -0.05) is 11.8 Å². The van der Waals surface area contributed by atoms with Crippen LogP contribution in [0.25, 0.3) is 0 Å². The van der Waals surface area contributed by atoms with E-state index in [1.54, 1.807) is 32.7 Å². The summed E-state index contributed by atoms with van der Waals surface area (Å²) in [6.07, 6.45) is 5.25. The van der Waals surface area contributed by atoms with Crippen LogP contribution in [0.4, 0.5) is 0 Å². The predicted octanol–water partition coefficient (Wildman–Crippen LogP) is 2.95. The summed E-state index contributed by atoms with van der Waals surface area (Å²) < 4.78 is 10.8. The highest BCUT2D eigenvalue weighted by Gasteiger charge is 2.32. The van der Waals surface area contributed by atoms with Gasteiger partial charge in [0, 0.05) is 24.5 Å². The van der Waals surface area contributed by atoms with Crippen molar-refractivity contribution in [3.05, 3.63) is 42.2 Å². The van der Waals surface area contributed by atoms with E-state index >= 15 is 0 Å². The van der Waals surface area contributed by atoms with Gasteiger partial charge in [0.05, 0.1) is 26.0 Å². The van der Waals surface area contributed by atoms with Crippen LogP contribution in [0.5, 0.6) is 11.5 Å². The molecule has 1 atom stereocenters. The molecule has 3 rings (SSSR count). The Balaban J connectivity index is 1.75. The molecule has 132 valence electrons. The average molecular weight is 359 g/mol. The molecular weight excluding hydrogens is 338 g/mol. The summed E-state index contributed by atoms with van der Waals surface area (Å²) in [5.74, 6) is 1.96. The van der Waals surface area contributed by atoms with Crippen molar-refractivity contribution in [1.82, 2.24) is 14.9 Å². The van der Waals surface area contributed by atoms with E-state index in [0.29, 0.717) is 10.9 Å². The zero-order valence-electron chi connectivity index (χ0n) is 14.3. The largest absolute Gasteiger partial charge is 0.497 e. The molecule has 1 saturated heterocycles. The van der Waals surface area contributed by atoms with Crippen molar-refractivity contribution in [2.24, 2.45) is 0 Å². The maximum Gasteiger partial charge on any atom is 0.233 e. The van der Waals surface area contributed by atoms with Gasteiger partial charge in [-0.25, -0.2) is 9.97 Å². The third-order valence-corrected chi connectivity index (χ3v) is 5.10. The Morgan fingerprint density at radius 2 is 2.08 bits per heavy atom. The molecular formula is C18H21N3O3S. The van der Waals surface area contributed by atoms with Crippen molar-refractivity contribution in [3.8, 4) is 11.5 Å². The third-order valence-electron chi connectivity index (χ3n) is 4.24. The predicted molar refractivity (Wildman–Crippen MR) is 96.0 cm³/mol. The fourth-order valence-corrected chi connectivity index (χ4v) is 3.75. The molecule has 0 saturated carbocycles. The van der Waals surface area contributed by atoms with E-state index in [-0.39, 0.29) is 11.9 Å². The summed E-state index contributed by atoms with van der Waals surface area (Å²) in [4.78, 5) is 23.0. The zero-order valence-corrected chi connectivity index (χ0v) is 15.2. The number of hydrogen-bond donors (Lipinski definition) is 0. The molecule has 1 aliphatic rings. The summed E-state index contributed by atoms with van der Waals surface area (Å²) >= 11 is 1.36. The van der Waals surface area contributed by atoms with Crippen molar-refractivity contribution in [3.63, 3.8) is 0 Å². The molecule has 0 radical (unpaired) electrons. The smallest absolute Gasteiger partial charge is 0.233 e. The number of amides is 1. The van der Waals surface area contributed by atoms with Gasteiger partial charge in [-0.3, -0.25) is 4.79 Å². The highest BCUT2D eigenvalue weighted by atomic mass is 32.2. The summed E-state index contributed by atoms with van der Waals surface area (Å²) in [6, 6.07) is 7.49.